The topological polar surface area (TPSA) is 94.2 Å². The highest BCUT2D eigenvalue weighted by molar-refractivity contribution is 7.89. The van der Waals surface area contributed by atoms with Gasteiger partial charge in [0.25, 0.3) is 0 Å². The van der Waals surface area contributed by atoms with E-state index in [1.807, 2.05) is 5.38 Å². The van der Waals surface area contributed by atoms with E-state index in [1.165, 1.54) is 28.0 Å². The lowest BCUT2D eigenvalue weighted by Gasteiger charge is -2.05. The Bertz CT molecular complexity index is 955. The summed E-state index contributed by atoms with van der Waals surface area (Å²) in [6.45, 7) is 0.257. The van der Waals surface area contributed by atoms with Gasteiger partial charge in [-0.3, -0.25) is 4.57 Å². The van der Waals surface area contributed by atoms with E-state index in [9.17, 15) is 13.2 Å². The SMILES string of the molecule is Cn1c(=O)oc2cc(S(=O)(=O)NCCc3nccs3)ccc21. The lowest BCUT2D eigenvalue weighted by Crippen LogP contribution is -2.25. The van der Waals surface area contributed by atoms with Crippen LogP contribution in [0, 0.1) is 0 Å². The van der Waals surface area contributed by atoms with E-state index < -0.39 is 15.8 Å². The Kier molecular flexibility index (Phi) is 3.85. The molecular formula is C13H13N3O4S2. The number of benzene rings is 1. The molecule has 0 spiro atoms. The number of aryl methyl sites for hydroxylation is 1. The second kappa shape index (κ2) is 5.67. The molecule has 9 heteroatoms. The maximum atomic E-state index is 12.2. The van der Waals surface area contributed by atoms with Gasteiger partial charge in [0.2, 0.25) is 10.0 Å². The van der Waals surface area contributed by atoms with Crippen molar-refractivity contribution < 1.29 is 12.8 Å². The minimum Gasteiger partial charge on any atom is -0.408 e. The predicted octanol–water partition coefficient (Wildman–Crippen LogP) is 1.11. The Labute approximate surface area is 130 Å². The molecule has 2 aromatic heterocycles. The molecule has 0 aliphatic rings. The Balaban J connectivity index is 1.80. The van der Waals surface area contributed by atoms with E-state index >= 15 is 0 Å². The van der Waals surface area contributed by atoms with Gasteiger partial charge in [-0.2, -0.15) is 0 Å². The summed E-state index contributed by atoms with van der Waals surface area (Å²) in [6, 6.07) is 4.35. The lowest BCUT2D eigenvalue weighted by atomic mass is 10.3. The monoisotopic (exact) mass is 339 g/mol. The third kappa shape index (κ3) is 2.82. The first kappa shape index (κ1) is 14.9. The fourth-order valence-electron chi connectivity index (χ4n) is 2.03. The zero-order valence-electron chi connectivity index (χ0n) is 11.6. The van der Waals surface area contributed by atoms with Crippen molar-refractivity contribution in [1.82, 2.24) is 14.3 Å². The molecule has 0 radical (unpaired) electrons. The van der Waals surface area contributed by atoms with Gasteiger partial charge in [-0.25, -0.2) is 22.9 Å². The van der Waals surface area contributed by atoms with Gasteiger partial charge < -0.3 is 4.42 Å². The van der Waals surface area contributed by atoms with Crippen molar-refractivity contribution in [3.05, 3.63) is 45.3 Å². The maximum absolute atomic E-state index is 12.2. The van der Waals surface area contributed by atoms with Gasteiger partial charge in [0.15, 0.2) is 5.58 Å². The number of hydrogen-bond donors (Lipinski definition) is 1. The van der Waals surface area contributed by atoms with E-state index in [4.69, 9.17) is 4.42 Å². The Hall–Kier alpha value is -1.97. The summed E-state index contributed by atoms with van der Waals surface area (Å²) in [4.78, 5) is 15.6. The molecule has 3 rings (SSSR count). The van der Waals surface area contributed by atoms with Crippen molar-refractivity contribution >= 4 is 32.5 Å². The molecule has 0 saturated carbocycles. The third-order valence-corrected chi connectivity index (χ3v) is 5.49. The minimum absolute atomic E-state index is 0.0634. The Morgan fingerprint density at radius 3 is 2.95 bits per heavy atom. The van der Waals surface area contributed by atoms with Gasteiger partial charge >= 0.3 is 5.76 Å². The van der Waals surface area contributed by atoms with Crippen LogP contribution in [0.2, 0.25) is 0 Å². The van der Waals surface area contributed by atoms with Crippen molar-refractivity contribution in [3.8, 4) is 0 Å². The first-order valence-corrected chi connectivity index (χ1v) is 8.81. The van der Waals surface area contributed by atoms with Crippen molar-refractivity contribution in [2.45, 2.75) is 11.3 Å². The second-order valence-electron chi connectivity index (χ2n) is 4.63. The summed E-state index contributed by atoms with van der Waals surface area (Å²) in [7, 11) is -2.09. The van der Waals surface area contributed by atoms with Crippen molar-refractivity contribution in [2.24, 2.45) is 7.05 Å². The number of nitrogens with one attached hydrogen (secondary N) is 1. The van der Waals surface area contributed by atoms with Crippen LogP contribution in [-0.2, 0) is 23.5 Å². The molecule has 0 fully saturated rings. The molecule has 0 amide bonds. The maximum Gasteiger partial charge on any atom is 0.419 e. The molecule has 2 heterocycles. The first-order valence-electron chi connectivity index (χ1n) is 6.45. The normalized spacial score (nSPS) is 12.0. The van der Waals surface area contributed by atoms with Crippen LogP contribution in [0.15, 0.2) is 43.9 Å². The molecule has 0 saturated heterocycles. The van der Waals surface area contributed by atoms with E-state index in [1.54, 1.807) is 19.3 Å². The highest BCUT2D eigenvalue weighted by Gasteiger charge is 2.16. The Morgan fingerprint density at radius 2 is 2.23 bits per heavy atom. The smallest absolute Gasteiger partial charge is 0.408 e. The number of oxazole rings is 1. The highest BCUT2D eigenvalue weighted by atomic mass is 32.2. The third-order valence-electron chi connectivity index (χ3n) is 3.19. The quantitative estimate of drug-likeness (QED) is 0.751. The molecule has 116 valence electrons. The number of sulfonamides is 1. The van der Waals surface area contributed by atoms with Crippen molar-refractivity contribution in [3.63, 3.8) is 0 Å². The van der Waals surface area contributed by atoms with Gasteiger partial charge in [0, 0.05) is 37.7 Å². The zero-order valence-corrected chi connectivity index (χ0v) is 13.3. The molecule has 22 heavy (non-hydrogen) atoms. The van der Waals surface area contributed by atoms with Gasteiger partial charge in [-0.1, -0.05) is 0 Å². The molecule has 0 unspecified atom stereocenters. The summed E-state index contributed by atoms with van der Waals surface area (Å²) in [5.41, 5.74) is 0.794. The summed E-state index contributed by atoms with van der Waals surface area (Å²) in [5.74, 6) is -0.527. The van der Waals surface area contributed by atoms with E-state index in [-0.39, 0.29) is 17.0 Å². The average molecular weight is 339 g/mol. The predicted molar refractivity (Wildman–Crippen MR) is 82.5 cm³/mol. The van der Waals surface area contributed by atoms with E-state index in [0.29, 0.717) is 11.9 Å². The van der Waals surface area contributed by atoms with Crippen molar-refractivity contribution in [2.75, 3.05) is 6.54 Å². The van der Waals surface area contributed by atoms with E-state index in [0.717, 1.165) is 5.01 Å². The van der Waals surface area contributed by atoms with Crippen LogP contribution in [-0.4, -0.2) is 24.5 Å². The standard InChI is InChI=1S/C13H13N3O4S2/c1-16-10-3-2-9(8-11(10)20-13(16)17)22(18,19)15-5-4-12-14-6-7-21-12/h2-3,6-8,15H,4-5H2,1H3. The fraction of sp³-hybridized carbons (Fsp3) is 0.231. The van der Waals surface area contributed by atoms with Gasteiger partial charge in [-0.05, 0) is 12.1 Å². The second-order valence-corrected chi connectivity index (χ2v) is 7.38. The number of thiazole rings is 1. The molecule has 1 N–H and O–H groups in total. The summed E-state index contributed by atoms with van der Waals surface area (Å²) in [5, 5.41) is 2.71. The first-order chi connectivity index (χ1) is 10.5. The number of rotatable bonds is 5. The largest absolute Gasteiger partial charge is 0.419 e. The molecule has 3 aromatic rings. The molecular weight excluding hydrogens is 326 g/mol. The van der Waals surface area contributed by atoms with Crippen LogP contribution in [0.25, 0.3) is 11.1 Å². The van der Waals surface area contributed by atoms with Gasteiger partial charge in [0.1, 0.15) is 0 Å². The number of nitrogens with zero attached hydrogens (tertiary/aromatic N) is 2. The molecule has 0 aliphatic heterocycles. The summed E-state index contributed by atoms with van der Waals surface area (Å²) >= 11 is 1.48. The van der Waals surface area contributed by atoms with Gasteiger partial charge in [0.05, 0.1) is 15.4 Å². The highest BCUT2D eigenvalue weighted by Crippen LogP contribution is 2.17. The molecule has 1 aromatic carbocycles. The number of aromatic nitrogens is 2. The lowest BCUT2D eigenvalue weighted by molar-refractivity contribution is 0.527. The van der Waals surface area contributed by atoms with Crippen LogP contribution in [0.3, 0.4) is 0 Å². The van der Waals surface area contributed by atoms with Crippen LogP contribution in [0.5, 0.6) is 0 Å². The zero-order chi connectivity index (χ0) is 15.7. The molecule has 0 bridgehead atoms. The van der Waals surface area contributed by atoms with Gasteiger partial charge in [-0.15, -0.1) is 11.3 Å². The van der Waals surface area contributed by atoms with Crippen LogP contribution in [0.1, 0.15) is 5.01 Å². The summed E-state index contributed by atoms with van der Waals surface area (Å²) in [6.07, 6.45) is 2.21. The fourth-order valence-corrected chi connectivity index (χ4v) is 3.70. The summed E-state index contributed by atoms with van der Waals surface area (Å²) < 4.78 is 33.3. The number of fused-ring (bicyclic) bond motifs is 1. The average Bonchev–Trinajstić information content (AvgIpc) is 3.08. The molecule has 7 nitrogen and oxygen atoms in total. The number of hydrogen-bond acceptors (Lipinski definition) is 6. The van der Waals surface area contributed by atoms with Crippen LogP contribution >= 0.6 is 11.3 Å². The molecule has 0 atom stereocenters. The van der Waals surface area contributed by atoms with Crippen LogP contribution < -0.4 is 10.5 Å². The Morgan fingerprint density at radius 1 is 1.41 bits per heavy atom. The molecule has 0 aliphatic carbocycles. The minimum atomic E-state index is -3.65. The van der Waals surface area contributed by atoms with Crippen molar-refractivity contribution in [1.29, 1.82) is 0 Å². The van der Waals surface area contributed by atoms with Crippen LogP contribution in [0.4, 0.5) is 0 Å². The van der Waals surface area contributed by atoms with E-state index in [2.05, 4.69) is 9.71 Å².